The van der Waals surface area contributed by atoms with Gasteiger partial charge in [0.25, 0.3) is 0 Å². The van der Waals surface area contributed by atoms with Crippen molar-refractivity contribution in [1.82, 2.24) is 15.5 Å². The molecule has 1 heterocycles. The Bertz CT molecular complexity index is 676. The summed E-state index contributed by atoms with van der Waals surface area (Å²) in [5.74, 6) is 1.50. The Kier molecular flexibility index (Phi) is 6.86. The van der Waals surface area contributed by atoms with Crippen LogP contribution in [0.4, 0.5) is 10.8 Å². The van der Waals surface area contributed by atoms with Crippen molar-refractivity contribution in [1.29, 1.82) is 0 Å². The normalized spacial score (nSPS) is 12.0. The van der Waals surface area contributed by atoms with Crippen LogP contribution < -0.4 is 15.4 Å². The number of nitrogens with zero attached hydrogens (tertiary/aromatic N) is 2. The SMILES string of the molecule is COc1ccccc1Nc1nnc(SCC(=O)N[C@@H](C)C(C)C)s1. The van der Waals surface area contributed by atoms with Crippen LogP contribution in [0.2, 0.25) is 0 Å². The molecular weight excluding hydrogens is 344 g/mol. The fourth-order valence-corrected chi connectivity index (χ4v) is 3.35. The quantitative estimate of drug-likeness (QED) is 0.696. The third-order valence-electron chi connectivity index (χ3n) is 3.47. The van der Waals surface area contributed by atoms with Crippen molar-refractivity contribution in [2.75, 3.05) is 18.2 Å². The summed E-state index contributed by atoms with van der Waals surface area (Å²) in [5.41, 5.74) is 0.830. The highest BCUT2D eigenvalue weighted by Gasteiger charge is 2.13. The van der Waals surface area contributed by atoms with Crippen molar-refractivity contribution in [3.8, 4) is 5.75 Å². The molecule has 6 nitrogen and oxygen atoms in total. The maximum Gasteiger partial charge on any atom is 0.230 e. The van der Waals surface area contributed by atoms with Gasteiger partial charge in [0.15, 0.2) is 4.34 Å². The number of benzene rings is 1. The van der Waals surface area contributed by atoms with Crippen molar-refractivity contribution < 1.29 is 9.53 Å². The van der Waals surface area contributed by atoms with E-state index in [2.05, 4.69) is 34.7 Å². The lowest BCUT2D eigenvalue weighted by Crippen LogP contribution is -2.37. The van der Waals surface area contributed by atoms with Crippen LogP contribution in [0.25, 0.3) is 0 Å². The summed E-state index contributed by atoms with van der Waals surface area (Å²) in [5, 5.41) is 15.0. The molecule has 1 aromatic carbocycles. The molecule has 8 heteroatoms. The minimum absolute atomic E-state index is 0.00985. The molecule has 1 aromatic heterocycles. The number of aromatic nitrogens is 2. The first-order valence-electron chi connectivity index (χ1n) is 7.65. The number of para-hydroxylation sites is 2. The van der Waals surface area contributed by atoms with Crippen LogP contribution in [0, 0.1) is 5.92 Å². The maximum atomic E-state index is 11.9. The molecule has 0 aliphatic heterocycles. The lowest BCUT2D eigenvalue weighted by Gasteiger charge is -2.16. The number of amides is 1. The van der Waals surface area contributed by atoms with E-state index >= 15 is 0 Å². The Hall–Kier alpha value is -1.80. The van der Waals surface area contributed by atoms with E-state index in [0.29, 0.717) is 16.8 Å². The number of hydrogen-bond acceptors (Lipinski definition) is 7. The molecule has 0 saturated carbocycles. The number of anilines is 2. The first-order chi connectivity index (χ1) is 11.5. The molecular formula is C16H22N4O2S2. The van der Waals surface area contributed by atoms with Gasteiger partial charge in [-0.3, -0.25) is 4.79 Å². The van der Waals surface area contributed by atoms with Gasteiger partial charge in [0.05, 0.1) is 18.6 Å². The second-order valence-electron chi connectivity index (χ2n) is 5.59. The fourth-order valence-electron chi connectivity index (χ4n) is 1.77. The smallest absolute Gasteiger partial charge is 0.230 e. The molecule has 2 aromatic rings. The molecule has 0 aliphatic rings. The molecule has 1 atom stereocenters. The summed E-state index contributed by atoms with van der Waals surface area (Å²) in [6.07, 6.45) is 0. The number of hydrogen-bond donors (Lipinski definition) is 2. The first kappa shape index (κ1) is 18.5. The van der Waals surface area contributed by atoms with Gasteiger partial charge in [-0.05, 0) is 25.0 Å². The zero-order valence-electron chi connectivity index (χ0n) is 14.2. The number of thioether (sulfide) groups is 1. The highest BCUT2D eigenvalue weighted by molar-refractivity contribution is 8.01. The van der Waals surface area contributed by atoms with Gasteiger partial charge in [0.1, 0.15) is 5.75 Å². The summed E-state index contributed by atoms with van der Waals surface area (Å²) in [4.78, 5) is 11.9. The minimum atomic E-state index is 0.00985. The summed E-state index contributed by atoms with van der Waals surface area (Å²) in [7, 11) is 1.62. The summed E-state index contributed by atoms with van der Waals surface area (Å²) in [6.45, 7) is 6.17. The van der Waals surface area contributed by atoms with Gasteiger partial charge < -0.3 is 15.4 Å². The van der Waals surface area contributed by atoms with E-state index in [-0.39, 0.29) is 11.9 Å². The van der Waals surface area contributed by atoms with E-state index in [0.717, 1.165) is 15.8 Å². The van der Waals surface area contributed by atoms with E-state index in [9.17, 15) is 4.79 Å². The number of carbonyl (C=O) groups is 1. The standard InChI is InChI=1S/C16H22N4O2S2/c1-10(2)11(3)17-14(21)9-23-16-20-19-15(24-16)18-12-7-5-6-8-13(12)22-4/h5-8,10-11H,9H2,1-4H3,(H,17,21)(H,18,19)/t11-/m0/s1. The van der Waals surface area contributed by atoms with Crippen LogP contribution in [-0.2, 0) is 4.79 Å². The van der Waals surface area contributed by atoms with Gasteiger partial charge in [-0.1, -0.05) is 49.1 Å². The largest absolute Gasteiger partial charge is 0.495 e. The predicted molar refractivity (Wildman–Crippen MR) is 99.4 cm³/mol. The summed E-state index contributed by atoms with van der Waals surface area (Å²) >= 11 is 2.79. The Morgan fingerprint density at radius 3 is 2.75 bits per heavy atom. The molecule has 0 unspecified atom stereocenters. The van der Waals surface area contributed by atoms with Gasteiger partial charge >= 0.3 is 0 Å². The highest BCUT2D eigenvalue weighted by Crippen LogP contribution is 2.31. The van der Waals surface area contributed by atoms with Gasteiger partial charge in [0.2, 0.25) is 11.0 Å². The van der Waals surface area contributed by atoms with Crippen LogP contribution in [-0.4, -0.2) is 35.0 Å². The topological polar surface area (TPSA) is 76.1 Å². The van der Waals surface area contributed by atoms with Gasteiger partial charge in [-0.25, -0.2) is 0 Å². The average molecular weight is 367 g/mol. The molecule has 2 rings (SSSR count). The van der Waals surface area contributed by atoms with Crippen LogP contribution in [0.5, 0.6) is 5.75 Å². The summed E-state index contributed by atoms with van der Waals surface area (Å²) < 4.78 is 6.05. The van der Waals surface area contributed by atoms with Gasteiger partial charge in [-0.15, -0.1) is 10.2 Å². The van der Waals surface area contributed by atoms with Gasteiger partial charge in [0, 0.05) is 6.04 Å². The van der Waals surface area contributed by atoms with E-state index < -0.39 is 0 Å². The molecule has 2 N–H and O–H groups in total. The van der Waals surface area contributed by atoms with Crippen LogP contribution >= 0.6 is 23.1 Å². The third-order valence-corrected chi connectivity index (χ3v) is 5.44. The maximum absolute atomic E-state index is 11.9. The Balaban J connectivity index is 1.88. The van der Waals surface area contributed by atoms with E-state index in [1.54, 1.807) is 7.11 Å². The highest BCUT2D eigenvalue weighted by atomic mass is 32.2. The number of rotatable bonds is 8. The van der Waals surface area contributed by atoms with E-state index in [4.69, 9.17) is 4.74 Å². The second-order valence-corrected chi connectivity index (χ2v) is 7.79. The number of ether oxygens (including phenoxy) is 1. The van der Waals surface area contributed by atoms with Crippen molar-refractivity contribution in [2.45, 2.75) is 31.2 Å². The fraction of sp³-hybridized carbons (Fsp3) is 0.438. The monoisotopic (exact) mass is 366 g/mol. The Labute approximate surface area is 150 Å². The Morgan fingerprint density at radius 2 is 2.04 bits per heavy atom. The number of methoxy groups -OCH3 is 1. The zero-order chi connectivity index (χ0) is 17.5. The molecule has 0 radical (unpaired) electrons. The first-order valence-corrected chi connectivity index (χ1v) is 9.45. The molecule has 130 valence electrons. The molecule has 0 bridgehead atoms. The molecule has 0 fully saturated rings. The zero-order valence-corrected chi connectivity index (χ0v) is 15.8. The van der Waals surface area contributed by atoms with Crippen molar-refractivity contribution in [3.63, 3.8) is 0 Å². The lowest BCUT2D eigenvalue weighted by atomic mass is 10.1. The van der Waals surface area contributed by atoms with E-state index in [1.807, 2.05) is 31.2 Å². The van der Waals surface area contributed by atoms with E-state index in [1.165, 1.54) is 23.1 Å². The van der Waals surface area contributed by atoms with Crippen LogP contribution in [0.3, 0.4) is 0 Å². The number of carbonyl (C=O) groups excluding carboxylic acids is 1. The molecule has 0 aliphatic carbocycles. The van der Waals surface area contributed by atoms with Gasteiger partial charge in [-0.2, -0.15) is 0 Å². The lowest BCUT2D eigenvalue weighted by molar-refractivity contribution is -0.119. The molecule has 0 spiro atoms. The molecule has 24 heavy (non-hydrogen) atoms. The van der Waals surface area contributed by atoms with Crippen molar-refractivity contribution in [3.05, 3.63) is 24.3 Å². The predicted octanol–water partition coefficient (Wildman–Crippen LogP) is 3.54. The van der Waals surface area contributed by atoms with Crippen LogP contribution in [0.1, 0.15) is 20.8 Å². The molecule has 1 amide bonds. The van der Waals surface area contributed by atoms with Crippen LogP contribution in [0.15, 0.2) is 28.6 Å². The minimum Gasteiger partial charge on any atom is -0.495 e. The Morgan fingerprint density at radius 1 is 1.29 bits per heavy atom. The third kappa shape index (κ3) is 5.38. The average Bonchev–Trinajstić information content (AvgIpc) is 3.01. The molecule has 0 saturated heterocycles. The van der Waals surface area contributed by atoms with Crippen molar-refractivity contribution >= 4 is 39.8 Å². The summed E-state index contributed by atoms with van der Waals surface area (Å²) in [6, 6.07) is 7.77. The second kappa shape index (κ2) is 8.89. The number of nitrogens with one attached hydrogen (secondary N) is 2. The van der Waals surface area contributed by atoms with Crippen molar-refractivity contribution in [2.24, 2.45) is 5.92 Å².